The molecule has 2 aromatic carbocycles. The van der Waals surface area contributed by atoms with Crippen LogP contribution in [0, 0.1) is 0 Å². The van der Waals surface area contributed by atoms with Gasteiger partial charge in [0.05, 0.1) is 17.8 Å². The fourth-order valence-corrected chi connectivity index (χ4v) is 4.79. The molecule has 1 N–H and O–H groups in total. The van der Waals surface area contributed by atoms with Gasteiger partial charge in [-0.05, 0) is 56.2 Å². The molecule has 3 heterocycles. The molecule has 1 aliphatic heterocycles. The molecule has 0 bridgehead atoms. The van der Waals surface area contributed by atoms with Crippen molar-refractivity contribution >= 4 is 17.5 Å². The van der Waals surface area contributed by atoms with Crippen LogP contribution in [-0.2, 0) is 13.1 Å². The summed E-state index contributed by atoms with van der Waals surface area (Å²) in [6.07, 6.45) is -4.46. The van der Waals surface area contributed by atoms with Crippen molar-refractivity contribution in [3.63, 3.8) is 0 Å². The Hall–Kier alpha value is -3.97. The molecular formula is C26H25ClF3N7O3. The second-order valence-corrected chi connectivity index (χ2v) is 9.99. The number of aromatic nitrogens is 6. The molecule has 4 aromatic rings. The van der Waals surface area contributed by atoms with Gasteiger partial charge in [0.1, 0.15) is 12.9 Å². The van der Waals surface area contributed by atoms with E-state index in [1.807, 2.05) is 11.8 Å². The molecule has 10 nitrogen and oxygen atoms in total. The summed E-state index contributed by atoms with van der Waals surface area (Å²) in [6, 6.07) is 13.1. The molecular weight excluding hydrogens is 551 g/mol. The Morgan fingerprint density at radius 3 is 2.55 bits per heavy atom. The number of halogens is 4. The number of hydrogen-bond donors (Lipinski definition) is 1. The van der Waals surface area contributed by atoms with Gasteiger partial charge in [0.15, 0.2) is 17.8 Å². The molecule has 2 atom stereocenters. The van der Waals surface area contributed by atoms with Crippen LogP contribution in [0.5, 0.6) is 0 Å². The number of hydrogen-bond acceptors (Lipinski definition) is 6. The van der Waals surface area contributed by atoms with Crippen molar-refractivity contribution < 1.29 is 23.1 Å². The second-order valence-electron chi connectivity index (χ2n) is 9.55. The van der Waals surface area contributed by atoms with Crippen LogP contribution in [0.1, 0.15) is 35.9 Å². The summed E-state index contributed by atoms with van der Waals surface area (Å²) in [5.74, 6) is -0.0638. The zero-order chi connectivity index (χ0) is 28.6. The minimum absolute atomic E-state index is 0.0833. The lowest BCUT2D eigenvalue weighted by molar-refractivity contribution is -0.207. The van der Waals surface area contributed by atoms with Gasteiger partial charge >= 0.3 is 11.9 Å². The van der Waals surface area contributed by atoms with Crippen LogP contribution < -0.4 is 5.69 Å². The summed E-state index contributed by atoms with van der Waals surface area (Å²) in [7, 11) is 0. The van der Waals surface area contributed by atoms with Gasteiger partial charge in [-0.3, -0.25) is 9.36 Å². The molecule has 1 amide bonds. The monoisotopic (exact) mass is 575 g/mol. The molecule has 2 unspecified atom stereocenters. The Morgan fingerprint density at radius 2 is 1.88 bits per heavy atom. The predicted molar refractivity (Wildman–Crippen MR) is 139 cm³/mol. The first-order chi connectivity index (χ1) is 19.0. The van der Waals surface area contributed by atoms with Crippen molar-refractivity contribution in [1.82, 2.24) is 34.0 Å². The van der Waals surface area contributed by atoms with E-state index in [0.29, 0.717) is 28.4 Å². The van der Waals surface area contributed by atoms with Gasteiger partial charge < -0.3 is 10.0 Å². The molecule has 14 heteroatoms. The van der Waals surface area contributed by atoms with Crippen molar-refractivity contribution in [3.8, 4) is 17.1 Å². The predicted octanol–water partition coefficient (Wildman–Crippen LogP) is 3.54. The molecule has 1 aliphatic rings. The van der Waals surface area contributed by atoms with Crippen LogP contribution in [0.4, 0.5) is 13.2 Å². The van der Waals surface area contributed by atoms with E-state index in [4.69, 9.17) is 11.6 Å². The maximum absolute atomic E-state index is 13.2. The summed E-state index contributed by atoms with van der Waals surface area (Å²) in [4.78, 5) is 32.4. The Morgan fingerprint density at radius 1 is 1.15 bits per heavy atom. The molecule has 0 aliphatic carbocycles. The maximum atomic E-state index is 13.2. The second kappa shape index (κ2) is 10.9. The number of aliphatic hydroxyl groups is 1. The van der Waals surface area contributed by atoms with E-state index in [9.17, 15) is 27.9 Å². The zero-order valence-electron chi connectivity index (χ0n) is 21.3. The normalized spacial score (nSPS) is 16.4. The minimum Gasteiger partial charge on any atom is -0.382 e. The molecule has 40 heavy (non-hydrogen) atoms. The number of aliphatic hydroxyl groups excluding tert-OH is 1. The van der Waals surface area contributed by atoms with Crippen molar-refractivity contribution in [3.05, 3.63) is 81.8 Å². The summed E-state index contributed by atoms with van der Waals surface area (Å²) < 4.78 is 42.5. The van der Waals surface area contributed by atoms with Crippen LogP contribution in [-0.4, -0.2) is 69.9 Å². The number of carbonyl (C=O) groups excluding carboxylic acids is 1. The summed E-state index contributed by atoms with van der Waals surface area (Å²) in [5.41, 5.74) is 0.388. The van der Waals surface area contributed by atoms with Gasteiger partial charge in [-0.15, -0.1) is 10.2 Å². The first-order valence-electron chi connectivity index (χ1n) is 12.5. The highest BCUT2D eigenvalue weighted by atomic mass is 35.5. The summed E-state index contributed by atoms with van der Waals surface area (Å²) >= 11 is 5.93. The number of rotatable bonds is 7. The fourth-order valence-electron chi connectivity index (χ4n) is 4.66. The van der Waals surface area contributed by atoms with Crippen LogP contribution >= 0.6 is 11.6 Å². The van der Waals surface area contributed by atoms with Gasteiger partial charge in [0.2, 0.25) is 0 Å². The first-order valence-corrected chi connectivity index (χ1v) is 12.9. The molecule has 2 aromatic heterocycles. The number of nitrogens with zero attached hydrogens (tertiary/aromatic N) is 7. The number of carbonyl (C=O) groups is 1. The van der Waals surface area contributed by atoms with E-state index in [1.54, 1.807) is 24.3 Å². The zero-order valence-corrected chi connectivity index (χ0v) is 22.0. The summed E-state index contributed by atoms with van der Waals surface area (Å²) in [5, 5.41) is 18.7. The molecule has 1 fully saturated rings. The number of alkyl halides is 3. The molecule has 5 rings (SSSR count). The van der Waals surface area contributed by atoms with Crippen molar-refractivity contribution in [2.75, 3.05) is 6.54 Å². The molecule has 0 saturated carbocycles. The van der Waals surface area contributed by atoms with Crippen LogP contribution in [0.3, 0.4) is 0 Å². The Kier molecular flexibility index (Phi) is 7.51. The Balaban J connectivity index is 1.46. The van der Waals surface area contributed by atoms with E-state index >= 15 is 0 Å². The van der Waals surface area contributed by atoms with Gasteiger partial charge in [-0.25, -0.2) is 19.1 Å². The highest BCUT2D eigenvalue weighted by Crippen LogP contribution is 2.25. The van der Waals surface area contributed by atoms with E-state index < -0.39 is 24.5 Å². The number of amides is 1. The van der Waals surface area contributed by atoms with E-state index in [2.05, 4.69) is 15.2 Å². The quantitative estimate of drug-likeness (QED) is 0.361. The van der Waals surface area contributed by atoms with Gasteiger partial charge in [-0.1, -0.05) is 23.7 Å². The van der Waals surface area contributed by atoms with Crippen molar-refractivity contribution in [2.45, 2.75) is 51.2 Å². The number of likely N-dealkylation sites (tertiary alicyclic amines) is 1. The van der Waals surface area contributed by atoms with Gasteiger partial charge in [0.25, 0.3) is 5.91 Å². The van der Waals surface area contributed by atoms with E-state index in [0.717, 1.165) is 22.1 Å². The van der Waals surface area contributed by atoms with Crippen molar-refractivity contribution in [1.29, 1.82) is 0 Å². The largest absolute Gasteiger partial charge is 0.416 e. The van der Waals surface area contributed by atoms with E-state index in [1.165, 1.54) is 35.3 Å². The molecule has 210 valence electrons. The first kappa shape index (κ1) is 27.6. The van der Waals surface area contributed by atoms with Gasteiger partial charge in [0, 0.05) is 23.2 Å². The lowest BCUT2D eigenvalue weighted by atomic mass is 10.1. The fraction of sp³-hybridized carbons (Fsp3) is 0.346. The third-order valence-corrected chi connectivity index (χ3v) is 7.04. The van der Waals surface area contributed by atoms with Crippen molar-refractivity contribution in [2.24, 2.45) is 0 Å². The lowest BCUT2D eigenvalue weighted by Crippen LogP contribution is -2.37. The van der Waals surface area contributed by atoms with Crippen LogP contribution in [0.15, 0.2) is 59.7 Å². The maximum Gasteiger partial charge on any atom is 0.416 e. The molecule has 0 spiro atoms. The topological polar surface area (TPSA) is 111 Å². The van der Waals surface area contributed by atoms with Crippen LogP contribution in [0.2, 0.25) is 5.02 Å². The SMILES string of the molecule is CC1CCCN1C(=O)c1ccccc1-n1cnc(Cn2nc(-c3ccc(Cl)cc3)n(CC(O)C(F)(F)F)c2=O)n1. The average molecular weight is 576 g/mol. The molecule has 1 saturated heterocycles. The smallest absolute Gasteiger partial charge is 0.382 e. The minimum atomic E-state index is -4.93. The van der Waals surface area contributed by atoms with E-state index in [-0.39, 0.29) is 30.1 Å². The third kappa shape index (κ3) is 5.52. The van der Waals surface area contributed by atoms with Gasteiger partial charge in [-0.2, -0.15) is 13.2 Å². The Labute approximate surface area is 231 Å². The number of benzene rings is 2. The summed E-state index contributed by atoms with van der Waals surface area (Å²) in [6.45, 7) is 1.36. The highest BCUT2D eigenvalue weighted by Gasteiger charge is 2.39. The molecule has 0 radical (unpaired) electrons. The van der Waals surface area contributed by atoms with Crippen LogP contribution in [0.25, 0.3) is 17.1 Å². The Bertz CT molecular complexity index is 1580. The standard InChI is InChI=1S/C26H25ClF3N7O3/c1-16-5-4-12-34(16)24(39)19-6-2-3-7-20(19)37-15-31-22(32-37)14-36-25(40)35(13-21(38)26(28,29)30)23(33-36)17-8-10-18(27)11-9-17/h2-3,6-11,15-16,21,38H,4-5,12-14H2,1H3. The highest BCUT2D eigenvalue weighted by molar-refractivity contribution is 6.30. The number of para-hydroxylation sites is 1. The lowest BCUT2D eigenvalue weighted by Gasteiger charge is -2.22. The average Bonchev–Trinajstić information content (AvgIpc) is 3.64. The third-order valence-electron chi connectivity index (χ3n) is 6.78.